The Morgan fingerprint density at radius 2 is 1.78 bits per heavy atom. The van der Waals surface area contributed by atoms with Crippen molar-refractivity contribution in [3.8, 4) is 0 Å². The van der Waals surface area contributed by atoms with E-state index < -0.39 is 5.97 Å². The molecular weight excluding hydrogens is 292 g/mol. The van der Waals surface area contributed by atoms with Crippen molar-refractivity contribution in [1.29, 1.82) is 0 Å². The summed E-state index contributed by atoms with van der Waals surface area (Å²) in [4.78, 5) is 30.2. The molecule has 3 unspecified atom stereocenters. The first-order valence-corrected chi connectivity index (χ1v) is 8.31. The molecule has 0 radical (unpaired) electrons. The third-order valence-corrected chi connectivity index (χ3v) is 4.90. The molecule has 1 aromatic rings. The molecule has 3 atom stereocenters. The number of H-pyrrole nitrogens is 1. The Balaban J connectivity index is 2.25. The van der Waals surface area contributed by atoms with Gasteiger partial charge < -0.3 is 9.72 Å². The first-order chi connectivity index (χ1) is 10.8. The lowest BCUT2D eigenvalue weighted by Gasteiger charge is -2.38. The van der Waals surface area contributed by atoms with Crippen LogP contribution < -0.4 is 0 Å². The number of ketones is 1. The number of aromatic amines is 1. The van der Waals surface area contributed by atoms with Crippen LogP contribution in [0.15, 0.2) is 0 Å². The summed E-state index contributed by atoms with van der Waals surface area (Å²) in [6.45, 7) is 11.9. The monoisotopic (exact) mass is 320 g/mol. The average molecular weight is 320 g/mol. The fraction of sp³-hybridized carbons (Fsp3) is 0.667. The molecule has 1 aliphatic heterocycles. The van der Waals surface area contributed by atoms with Crippen LogP contribution in [0.2, 0.25) is 0 Å². The fourth-order valence-corrected chi connectivity index (χ4v) is 3.81. The van der Waals surface area contributed by atoms with E-state index in [1.165, 1.54) is 13.5 Å². The van der Waals surface area contributed by atoms with Gasteiger partial charge in [0.15, 0.2) is 5.78 Å². The van der Waals surface area contributed by atoms with Crippen molar-refractivity contribution in [1.82, 2.24) is 9.88 Å². The van der Waals surface area contributed by atoms with E-state index in [4.69, 9.17) is 4.74 Å². The van der Waals surface area contributed by atoms with Gasteiger partial charge in [0.2, 0.25) is 0 Å². The molecule has 0 aliphatic carbocycles. The van der Waals surface area contributed by atoms with Gasteiger partial charge in [-0.05, 0) is 44.6 Å². The number of likely N-dealkylation sites (tertiary alicyclic amines) is 1. The highest BCUT2D eigenvalue weighted by atomic mass is 16.5. The molecule has 23 heavy (non-hydrogen) atoms. The van der Waals surface area contributed by atoms with Gasteiger partial charge in [-0.3, -0.25) is 9.69 Å². The summed E-state index contributed by atoms with van der Waals surface area (Å²) < 4.78 is 4.82. The number of nitrogens with zero attached hydrogens (tertiary/aromatic N) is 1. The van der Waals surface area contributed by atoms with Crippen LogP contribution in [0.3, 0.4) is 0 Å². The van der Waals surface area contributed by atoms with Gasteiger partial charge in [-0.1, -0.05) is 13.8 Å². The number of methoxy groups -OCH3 is 1. The zero-order valence-corrected chi connectivity index (χ0v) is 15.0. The Labute approximate surface area is 138 Å². The number of aromatic nitrogens is 1. The summed E-state index contributed by atoms with van der Waals surface area (Å²) in [5.41, 5.74) is 2.37. The van der Waals surface area contributed by atoms with Gasteiger partial charge in [-0.15, -0.1) is 0 Å². The number of piperidine rings is 1. The minimum Gasteiger partial charge on any atom is -0.465 e. The summed E-state index contributed by atoms with van der Waals surface area (Å²) in [6.07, 6.45) is 1.21. The van der Waals surface area contributed by atoms with Crippen molar-refractivity contribution in [3.63, 3.8) is 0 Å². The highest BCUT2D eigenvalue weighted by molar-refractivity contribution is 6.03. The molecule has 0 aromatic carbocycles. The average Bonchev–Trinajstić information content (AvgIpc) is 2.79. The Morgan fingerprint density at radius 3 is 2.30 bits per heavy atom. The lowest BCUT2D eigenvalue weighted by molar-refractivity contribution is 0.0599. The maximum absolute atomic E-state index is 12.9. The molecule has 1 N–H and O–H groups in total. The molecule has 1 fully saturated rings. The summed E-state index contributed by atoms with van der Waals surface area (Å²) in [5, 5.41) is 0. The number of hydrogen-bond acceptors (Lipinski definition) is 4. The Kier molecular flexibility index (Phi) is 5.30. The molecule has 5 nitrogen and oxygen atoms in total. The van der Waals surface area contributed by atoms with Crippen molar-refractivity contribution in [2.75, 3.05) is 20.2 Å². The van der Waals surface area contributed by atoms with E-state index in [0.717, 1.165) is 13.1 Å². The van der Waals surface area contributed by atoms with Crippen molar-refractivity contribution in [3.05, 3.63) is 22.5 Å². The van der Waals surface area contributed by atoms with Gasteiger partial charge in [-0.2, -0.15) is 0 Å². The minimum absolute atomic E-state index is 0.0436. The highest BCUT2D eigenvalue weighted by Crippen LogP contribution is 2.25. The third kappa shape index (κ3) is 3.50. The van der Waals surface area contributed by atoms with E-state index in [1.807, 2.05) is 6.92 Å². The Morgan fingerprint density at radius 1 is 1.22 bits per heavy atom. The standard InChI is InChI=1S/C18H28N2O3/c1-10-7-11(2)9-20(8-10)14(5)17(21)16-12(3)15(13(4)19-16)18(22)23-6/h10-11,14,19H,7-9H2,1-6H3. The van der Waals surface area contributed by atoms with Gasteiger partial charge in [-0.25, -0.2) is 4.79 Å². The number of rotatable bonds is 4. The summed E-state index contributed by atoms with van der Waals surface area (Å²) in [5.74, 6) is 0.849. The van der Waals surface area contributed by atoms with Gasteiger partial charge in [0, 0.05) is 18.8 Å². The number of Topliss-reactive ketones (excluding diaryl/α,β-unsaturated/α-hetero) is 1. The molecule has 0 saturated carbocycles. The van der Waals surface area contributed by atoms with Gasteiger partial charge in [0.05, 0.1) is 24.4 Å². The molecule has 2 heterocycles. The molecule has 128 valence electrons. The normalized spacial score (nSPS) is 23.6. The number of nitrogens with one attached hydrogen (secondary N) is 1. The first kappa shape index (κ1) is 17.7. The maximum atomic E-state index is 12.9. The van der Waals surface area contributed by atoms with Gasteiger partial charge in [0.25, 0.3) is 0 Å². The van der Waals surface area contributed by atoms with Crippen molar-refractivity contribution in [2.45, 2.75) is 47.1 Å². The number of carbonyl (C=O) groups is 2. The lowest BCUT2D eigenvalue weighted by atomic mass is 9.90. The third-order valence-electron chi connectivity index (χ3n) is 4.90. The minimum atomic E-state index is -0.400. The second kappa shape index (κ2) is 6.87. The van der Waals surface area contributed by atoms with E-state index in [0.29, 0.717) is 34.4 Å². The van der Waals surface area contributed by atoms with E-state index >= 15 is 0 Å². The topological polar surface area (TPSA) is 62.4 Å². The quantitative estimate of drug-likeness (QED) is 0.684. The second-order valence-electron chi connectivity index (χ2n) is 7.06. The first-order valence-electron chi connectivity index (χ1n) is 8.31. The fourth-order valence-electron chi connectivity index (χ4n) is 3.81. The zero-order chi connectivity index (χ0) is 17.3. The van der Waals surface area contributed by atoms with E-state index in [2.05, 4.69) is 23.7 Å². The van der Waals surface area contributed by atoms with Gasteiger partial charge >= 0.3 is 5.97 Å². The van der Waals surface area contributed by atoms with Crippen LogP contribution in [0.25, 0.3) is 0 Å². The van der Waals surface area contributed by atoms with Crippen LogP contribution in [-0.4, -0.2) is 47.9 Å². The van der Waals surface area contributed by atoms with E-state index in [9.17, 15) is 9.59 Å². The molecule has 2 rings (SSSR count). The molecule has 0 amide bonds. The van der Waals surface area contributed by atoms with Crippen molar-refractivity contribution >= 4 is 11.8 Å². The van der Waals surface area contributed by atoms with Crippen LogP contribution in [0.5, 0.6) is 0 Å². The van der Waals surface area contributed by atoms with Crippen LogP contribution in [0.1, 0.15) is 59.3 Å². The second-order valence-corrected chi connectivity index (χ2v) is 7.06. The maximum Gasteiger partial charge on any atom is 0.339 e. The predicted octanol–water partition coefficient (Wildman–Crippen LogP) is 2.97. The zero-order valence-electron chi connectivity index (χ0n) is 15.0. The Hall–Kier alpha value is -1.62. The molecule has 1 saturated heterocycles. The van der Waals surface area contributed by atoms with Crippen LogP contribution in [0.4, 0.5) is 0 Å². The van der Waals surface area contributed by atoms with Crippen LogP contribution in [0, 0.1) is 25.7 Å². The van der Waals surface area contributed by atoms with Crippen LogP contribution in [-0.2, 0) is 4.74 Å². The molecule has 5 heteroatoms. The molecular formula is C18H28N2O3. The van der Waals surface area contributed by atoms with E-state index in [1.54, 1.807) is 13.8 Å². The number of ether oxygens (including phenoxy) is 1. The summed E-state index contributed by atoms with van der Waals surface area (Å²) >= 11 is 0. The molecule has 0 bridgehead atoms. The lowest BCUT2D eigenvalue weighted by Crippen LogP contribution is -2.47. The Bertz CT molecular complexity index is 596. The number of esters is 1. The molecule has 0 spiro atoms. The van der Waals surface area contributed by atoms with E-state index in [-0.39, 0.29) is 11.8 Å². The smallest absolute Gasteiger partial charge is 0.339 e. The summed E-state index contributed by atoms with van der Waals surface area (Å²) in [6, 6.07) is -0.192. The molecule has 1 aromatic heterocycles. The number of aryl methyl sites for hydroxylation is 1. The van der Waals surface area contributed by atoms with Crippen molar-refractivity contribution in [2.24, 2.45) is 11.8 Å². The van der Waals surface area contributed by atoms with Crippen molar-refractivity contribution < 1.29 is 14.3 Å². The highest BCUT2D eigenvalue weighted by Gasteiger charge is 2.32. The number of carbonyl (C=O) groups excluding carboxylic acids is 2. The molecule has 1 aliphatic rings. The van der Waals surface area contributed by atoms with Gasteiger partial charge in [0.1, 0.15) is 0 Å². The largest absolute Gasteiger partial charge is 0.465 e. The number of hydrogen-bond donors (Lipinski definition) is 1. The SMILES string of the molecule is COC(=O)c1c(C)[nH]c(C(=O)C(C)N2CC(C)CC(C)C2)c1C. The predicted molar refractivity (Wildman–Crippen MR) is 89.9 cm³/mol. The summed E-state index contributed by atoms with van der Waals surface area (Å²) in [7, 11) is 1.36. The van der Waals surface area contributed by atoms with Crippen LogP contribution >= 0.6 is 0 Å².